The zero-order valence-electron chi connectivity index (χ0n) is 30.6. The van der Waals surface area contributed by atoms with Gasteiger partial charge in [0, 0.05) is 30.4 Å². The molecular weight excluding hydrogens is 600 g/mol. The number of esters is 2. The molecule has 0 aromatic rings. The molecule has 4 aliphatic rings. The van der Waals surface area contributed by atoms with Gasteiger partial charge in [-0.3, -0.25) is 4.79 Å². The van der Waals surface area contributed by atoms with Crippen LogP contribution in [-0.4, -0.2) is 69.9 Å². The zero-order valence-corrected chi connectivity index (χ0v) is 30.6. The third kappa shape index (κ3) is 6.42. The first kappa shape index (κ1) is 37.8. The van der Waals surface area contributed by atoms with E-state index in [0.717, 1.165) is 25.7 Å². The first-order valence-electron chi connectivity index (χ1n) is 18.1. The minimum atomic E-state index is -1.23. The summed E-state index contributed by atoms with van der Waals surface area (Å²) in [6.07, 6.45) is 2.57. The van der Waals surface area contributed by atoms with Gasteiger partial charge in [-0.15, -0.1) is 0 Å². The number of carbonyl (C=O) groups excluding carboxylic acids is 2. The first-order chi connectivity index (χ1) is 21.8. The predicted molar refractivity (Wildman–Crippen MR) is 178 cm³/mol. The summed E-state index contributed by atoms with van der Waals surface area (Å²) in [7, 11) is 0. The third-order valence-electron chi connectivity index (χ3n) is 13.3. The molecular formula is C38H62O9. The lowest BCUT2D eigenvalue weighted by Gasteiger charge is -2.70. The second kappa shape index (κ2) is 13.7. The Bertz CT molecular complexity index is 1220. The molecule has 0 radical (unpaired) electrons. The largest absolute Gasteiger partial charge is 0.478 e. The molecule has 11 unspecified atom stereocenters. The number of aliphatic carboxylic acids is 1. The van der Waals surface area contributed by atoms with Crippen molar-refractivity contribution in [2.24, 2.45) is 45.8 Å². The van der Waals surface area contributed by atoms with Gasteiger partial charge in [-0.2, -0.15) is 0 Å². The van der Waals surface area contributed by atoms with Crippen molar-refractivity contribution in [2.45, 2.75) is 157 Å². The Morgan fingerprint density at radius 3 is 2.28 bits per heavy atom. The molecule has 9 heteroatoms. The van der Waals surface area contributed by atoms with Crippen LogP contribution < -0.4 is 0 Å². The SMILES string of the molecule is CCCOC(C)(C)C(=O)OC1C2C(C)C(O)CCC2(C)C2CCC3/C(=C(\CCCC(C)C)C(=O)O)C(OC(C)=O)CC3(C)C2(C)C1O. The van der Waals surface area contributed by atoms with Gasteiger partial charge in [-0.05, 0) is 105 Å². The van der Waals surface area contributed by atoms with Gasteiger partial charge in [0.1, 0.15) is 12.2 Å². The summed E-state index contributed by atoms with van der Waals surface area (Å²) in [5, 5.41) is 34.4. The minimum Gasteiger partial charge on any atom is -0.478 e. The van der Waals surface area contributed by atoms with Gasteiger partial charge in [0.15, 0.2) is 5.60 Å². The van der Waals surface area contributed by atoms with Crippen LogP contribution >= 0.6 is 0 Å². The highest BCUT2D eigenvalue weighted by molar-refractivity contribution is 5.88. The normalized spacial score (nSPS) is 41.0. The summed E-state index contributed by atoms with van der Waals surface area (Å²) in [5.74, 6) is -2.31. The Balaban J connectivity index is 1.87. The summed E-state index contributed by atoms with van der Waals surface area (Å²) in [4.78, 5) is 39.2. The molecule has 47 heavy (non-hydrogen) atoms. The molecule has 0 heterocycles. The Labute approximate surface area is 282 Å². The van der Waals surface area contributed by atoms with Gasteiger partial charge in [-0.25, -0.2) is 9.59 Å². The molecule has 4 saturated carbocycles. The number of ether oxygens (including phenoxy) is 3. The molecule has 0 aromatic carbocycles. The molecule has 0 bridgehead atoms. The molecule has 4 aliphatic carbocycles. The Morgan fingerprint density at radius 1 is 1.04 bits per heavy atom. The van der Waals surface area contributed by atoms with E-state index in [1.165, 1.54) is 6.92 Å². The maximum absolute atomic E-state index is 13.8. The molecule has 0 aliphatic heterocycles. The molecule has 11 atom stereocenters. The Morgan fingerprint density at radius 2 is 1.70 bits per heavy atom. The van der Waals surface area contributed by atoms with E-state index in [1.807, 2.05) is 13.8 Å². The lowest BCUT2D eigenvalue weighted by atomic mass is 9.35. The van der Waals surface area contributed by atoms with Crippen molar-refractivity contribution in [1.82, 2.24) is 0 Å². The molecule has 4 fully saturated rings. The number of rotatable bonds is 11. The van der Waals surface area contributed by atoms with Crippen molar-refractivity contribution in [3.63, 3.8) is 0 Å². The van der Waals surface area contributed by atoms with Crippen LogP contribution in [0.4, 0.5) is 0 Å². The number of carboxylic acids is 1. The van der Waals surface area contributed by atoms with E-state index in [2.05, 4.69) is 34.6 Å². The van der Waals surface area contributed by atoms with Gasteiger partial charge in [-0.1, -0.05) is 54.9 Å². The number of hydrogen-bond donors (Lipinski definition) is 3. The second-order valence-electron chi connectivity index (χ2n) is 16.9. The average Bonchev–Trinajstić information content (AvgIpc) is 3.26. The van der Waals surface area contributed by atoms with E-state index in [1.54, 1.807) is 13.8 Å². The van der Waals surface area contributed by atoms with E-state index in [9.17, 15) is 29.7 Å². The quantitative estimate of drug-likeness (QED) is 0.168. The molecule has 268 valence electrons. The van der Waals surface area contributed by atoms with Gasteiger partial charge >= 0.3 is 17.9 Å². The summed E-state index contributed by atoms with van der Waals surface area (Å²) in [5.41, 5.74) is -2.09. The van der Waals surface area contributed by atoms with Crippen LogP contribution in [0.2, 0.25) is 0 Å². The fourth-order valence-corrected chi connectivity index (χ4v) is 10.8. The first-order valence-corrected chi connectivity index (χ1v) is 18.1. The van der Waals surface area contributed by atoms with Gasteiger partial charge in [0.2, 0.25) is 0 Å². The van der Waals surface area contributed by atoms with E-state index in [0.29, 0.717) is 55.8 Å². The van der Waals surface area contributed by atoms with Gasteiger partial charge in [0.05, 0.1) is 12.2 Å². The summed E-state index contributed by atoms with van der Waals surface area (Å²) in [6, 6.07) is 0. The molecule has 3 N–H and O–H groups in total. The fourth-order valence-electron chi connectivity index (χ4n) is 10.8. The zero-order chi connectivity index (χ0) is 35.3. The van der Waals surface area contributed by atoms with Crippen LogP contribution in [0.1, 0.15) is 127 Å². The molecule has 9 nitrogen and oxygen atoms in total. The van der Waals surface area contributed by atoms with E-state index in [-0.39, 0.29) is 29.1 Å². The van der Waals surface area contributed by atoms with Crippen molar-refractivity contribution < 1.29 is 43.9 Å². The second-order valence-corrected chi connectivity index (χ2v) is 16.9. The Hall–Kier alpha value is -1.97. The lowest BCUT2D eigenvalue weighted by Crippen LogP contribution is -2.72. The third-order valence-corrected chi connectivity index (χ3v) is 13.3. The molecule has 0 spiro atoms. The number of carboxylic acid groups (broad SMARTS) is 1. The highest BCUT2D eigenvalue weighted by Crippen LogP contribution is 2.74. The number of fused-ring (bicyclic) bond motifs is 5. The smallest absolute Gasteiger partial charge is 0.338 e. The van der Waals surface area contributed by atoms with Crippen molar-refractivity contribution in [2.75, 3.05) is 6.61 Å². The summed E-state index contributed by atoms with van der Waals surface area (Å²) in [6.45, 7) is 19.8. The maximum atomic E-state index is 13.8. The highest BCUT2D eigenvalue weighted by Gasteiger charge is 2.74. The van der Waals surface area contributed by atoms with E-state index >= 15 is 0 Å². The van der Waals surface area contributed by atoms with Crippen molar-refractivity contribution >= 4 is 17.9 Å². The van der Waals surface area contributed by atoms with Crippen LogP contribution in [-0.2, 0) is 28.6 Å². The molecule has 0 amide bonds. The monoisotopic (exact) mass is 662 g/mol. The van der Waals surface area contributed by atoms with Crippen LogP contribution in [0.5, 0.6) is 0 Å². The predicted octanol–water partition coefficient (Wildman–Crippen LogP) is 6.47. The number of aliphatic hydroxyl groups excluding tert-OH is 2. The van der Waals surface area contributed by atoms with Crippen molar-refractivity contribution in [3.05, 3.63) is 11.1 Å². The van der Waals surface area contributed by atoms with E-state index < -0.39 is 58.8 Å². The van der Waals surface area contributed by atoms with Crippen LogP contribution in [0.3, 0.4) is 0 Å². The summed E-state index contributed by atoms with van der Waals surface area (Å²) < 4.78 is 18.2. The number of carbonyl (C=O) groups is 3. The molecule has 4 rings (SSSR count). The average molecular weight is 663 g/mol. The molecule has 0 aromatic heterocycles. The Kier molecular flexibility index (Phi) is 11.1. The summed E-state index contributed by atoms with van der Waals surface area (Å²) >= 11 is 0. The van der Waals surface area contributed by atoms with Crippen LogP contribution in [0.25, 0.3) is 0 Å². The van der Waals surface area contributed by atoms with Crippen molar-refractivity contribution in [1.29, 1.82) is 0 Å². The maximum Gasteiger partial charge on any atom is 0.338 e. The van der Waals surface area contributed by atoms with Gasteiger partial charge < -0.3 is 29.5 Å². The van der Waals surface area contributed by atoms with Crippen molar-refractivity contribution in [3.8, 4) is 0 Å². The topological polar surface area (TPSA) is 140 Å². The standard InChI is InChI=1S/C38H62O9/c1-11-19-45-35(6,7)34(44)47-31-30-22(4)26(40)17-18-36(30,8)28-16-15-25-29(24(33(42)43)14-12-13-21(2)3)27(46-23(5)39)20-37(25,9)38(28,10)32(31)41/h21-22,25-28,30-32,40-41H,11-20H2,1-10H3,(H,42,43)/b29-24-. The minimum absolute atomic E-state index is 0.00273. The van der Waals surface area contributed by atoms with Crippen LogP contribution in [0.15, 0.2) is 11.1 Å². The number of aliphatic hydroxyl groups is 2. The fraction of sp³-hybridized carbons (Fsp3) is 0.868. The molecule has 0 saturated heterocycles. The van der Waals surface area contributed by atoms with E-state index in [4.69, 9.17) is 14.2 Å². The van der Waals surface area contributed by atoms with Gasteiger partial charge in [0.25, 0.3) is 0 Å². The highest BCUT2D eigenvalue weighted by atomic mass is 16.6. The van der Waals surface area contributed by atoms with Crippen LogP contribution in [0, 0.1) is 45.8 Å². The lowest BCUT2D eigenvalue weighted by molar-refractivity contribution is -0.291. The number of hydrogen-bond acceptors (Lipinski definition) is 8.